The molecule has 0 aliphatic rings. The molecule has 4 heteroatoms. The number of halogens is 1. The summed E-state index contributed by atoms with van der Waals surface area (Å²) < 4.78 is 3.18. The van der Waals surface area contributed by atoms with Crippen LogP contribution in [0.25, 0.3) is 0 Å². The molecule has 0 fully saturated rings. The van der Waals surface area contributed by atoms with Gasteiger partial charge < -0.3 is 5.32 Å². The highest BCUT2D eigenvalue weighted by Gasteiger charge is 2.01. The minimum absolute atomic E-state index is 0.657. The Hall–Kier alpha value is -0.100. The number of hydrogen-bond donors (Lipinski definition) is 1. The van der Waals surface area contributed by atoms with Crippen LogP contribution in [0.15, 0.2) is 12.4 Å². The van der Waals surface area contributed by atoms with Crippen molar-refractivity contribution in [1.82, 2.24) is 15.1 Å². The van der Waals surface area contributed by atoms with Gasteiger partial charge in [-0.3, -0.25) is 4.68 Å². The number of hydrogen-bond acceptors (Lipinski definition) is 2. The minimum Gasteiger partial charge on any atom is -0.312 e. The van der Waals surface area contributed by atoms with Gasteiger partial charge in [-0.1, -0.05) is 13.8 Å². The van der Waals surface area contributed by atoms with E-state index in [-0.39, 0.29) is 0 Å². The SMILES string of the molecule is CCC(CC)NCCn1cc(I)cn1. The van der Waals surface area contributed by atoms with E-state index in [0.29, 0.717) is 6.04 Å². The Balaban J connectivity index is 2.21. The van der Waals surface area contributed by atoms with Crippen LogP contribution >= 0.6 is 22.6 Å². The maximum Gasteiger partial charge on any atom is 0.0623 e. The predicted octanol–water partition coefficient (Wildman–Crippen LogP) is 2.27. The Labute approximate surface area is 99.4 Å². The summed E-state index contributed by atoms with van der Waals surface area (Å²) >= 11 is 2.28. The first-order valence-electron chi connectivity index (χ1n) is 5.17. The molecule has 1 aromatic heterocycles. The number of aromatic nitrogens is 2. The lowest BCUT2D eigenvalue weighted by Gasteiger charge is -2.14. The van der Waals surface area contributed by atoms with Crippen LogP contribution in [-0.2, 0) is 6.54 Å². The molecule has 0 spiro atoms. The highest BCUT2D eigenvalue weighted by molar-refractivity contribution is 14.1. The molecule has 0 saturated heterocycles. The van der Waals surface area contributed by atoms with Crippen LogP contribution in [0.3, 0.4) is 0 Å². The molecular formula is C10H18IN3. The molecule has 0 amide bonds. The van der Waals surface area contributed by atoms with Crippen LogP contribution in [0, 0.1) is 3.57 Å². The fraction of sp³-hybridized carbons (Fsp3) is 0.700. The summed E-state index contributed by atoms with van der Waals surface area (Å²) in [5, 5.41) is 7.75. The average Bonchev–Trinajstić information content (AvgIpc) is 2.59. The predicted molar refractivity (Wildman–Crippen MR) is 67.3 cm³/mol. The second kappa shape index (κ2) is 6.40. The van der Waals surface area contributed by atoms with Crippen LogP contribution < -0.4 is 5.32 Å². The summed E-state index contributed by atoms with van der Waals surface area (Å²) in [5.74, 6) is 0. The van der Waals surface area contributed by atoms with Gasteiger partial charge in [0, 0.05) is 18.8 Å². The maximum atomic E-state index is 4.23. The van der Waals surface area contributed by atoms with E-state index in [0.717, 1.165) is 13.1 Å². The lowest BCUT2D eigenvalue weighted by atomic mass is 10.2. The first-order valence-corrected chi connectivity index (χ1v) is 6.25. The Morgan fingerprint density at radius 3 is 2.71 bits per heavy atom. The van der Waals surface area contributed by atoms with Crippen molar-refractivity contribution in [3.8, 4) is 0 Å². The van der Waals surface area contributed by atoms with Crippen molar-refractivity contribution >= 4 is 22.6 Å². The monoisotopic (exact) mass is 307 g/mol. The highest BCUT2D eigenvalue weighted by atomic mass is 127. The van der Waals surface area contributed by atoms with E-state index in [4.69, 9.17) is 0 Å². The summed E-state index contributed by atoms with van der Waals surface area (Å²) in [4.78, 5) is 0. The van der Waals surface area contributed by atoms with E-state index in [1.54, 1.807) is 0 Å². The highest BCUT2D eigenvalue weighted by Crippen LogP contribution is 2.01. The van der Waals surface area contributed by atoms with E-state index >= 15 is 0 Å². The fourth-order valence-corrected chi connectivity index (χ4v) is 1.87. The summed E-state index contributed by atoms with van der Waals surface area (Å²) in [6.45, 7) is 6.40. The van der Waals surface area contributed by atoms with E-state index in [2.05, 4.69) is 53.1 Å². The quantitative estimate of drug-likeness (QED) is 0.817. The molecule has 3 nitrogen and oxygen atoms in total. The van der Waals surface area contributed by atoms with Gasteiger partial charge in [-0.15, -0.1) is 0 Å². The molecule has 0 aliphatic carbocycles. The Bertz CT molecular complexity index is 256. The summed E-state index contributed by atoms with van der Waals surface area (Å²) in [5.41, 5.74) is 0. The third kappa shape index (κ3) is 3.96. The van der Waals surface area contributed by atoms with Gasteiger partial charge >= 0.3 is 0 Å². The molecule has 0 aliphatic heterocycles. The average molecular weight is 307 g/mol. The smallest absolute Gasteiger partial charge is 0.0623 e. The lowest BCUT2D eigenvalue weighted by molar-refractivity contribution is 0.454. The van der Waals surface area contributed by atoms with E-state index in [1.807, 2.05) is 10.9 Å². The molecule has 1 heterocycles. The third-order valence-electron chi connectivity index (χ3n) is 2.36. The zero-order valence-electron chi connectivity index (χ0n) is 8.83. The first-order chi connectivity index (χ1) is 6.76. The Morgan fingerprint density at radius 2 is 2.21 bits per heavy atom. The second-order valence-electron chi connectivity index (χ2n) is 3.39. The van der Waals surface area contributed by atoms with Crippen molar-refractivity contribution in [3.05, 3.63) is 16.0 Å². The van der Waals surface area contributed by atoms with Gasteiger partial charge in [-0.25, -0.2) is 0 Å². The zero-order valence-corrected chi connectivity index (χ0v) is 11.0. The van der Waals surface area contributed by atoms with Crippen molar-refractivity contribution in [2.75, 3.05) is 6.54 Å². The second-order valence-corrected chi connectivity index (χ2v) is 4.63. The normalized spacial score (nSPS) is 11.1. The maximum absolute atomic E-state index is 4.23. The minimum atomic E-state index is 0.657. The van der Waals surface area contributed by atoms with Crippen LogP contribution in [0.5, 0.6) is 0 Å². The largest absolute Gasteiger partial charge is 0.312 e. The molecule has 0 aromatic carbocycles. The Kier molecular flexibility index (Phi) is 5.47. The van der Waals surface area contributed by atoms with Gasteiger partial charge in [0.2, 0.25) is 0 Å². The van der Waals surface area contributed by atoms with Gasteiger partial charge in [0.15, 0.2) is 0 Å². The van der Waals surface area contributed by atoms with E-state index in [1.165, 1.54) is 16.4 Å². The van der Waals surface area contributed by atoms with Crippen molar-refractivity contribution in [1.29, 1.82) is 0 Å². The van der Waals surface area contributed by atoms with Gasteiger partial charge in [0.1, 0.15) is 0 Å². The molecule has 14 heavy (non-hydrogen) atoms. The fourth-order valence-electron chi connectivity index (χ4n) is 1.42. The number of nitrogens with zero attached hydrogens (tertiary/aromatic N) is 2. The molecule has 0 unspecified atom stereocenters. The zero-order chi connectivity index (χ0) is 10.4. The van der Waals surface area contributed by atoms with E-state index in [9.17, 15) is 0 Å². The number of rotatable bonds is 6. The standard InChI is InChI=1S/C10H18IN3/c1-3-10(4-2)12-5-6-14-8-9(11)7-13-14/h7-8,10,12H,3-6H2,1-2H3. The van der Waals surface area contributed by atoms with Crippen molar-refractivity contribution in [3.63, 3.8) is 0 Å². The van der Waals surface area contributed by atoms with Crippen molar-refractivity contribution in [2.45, 2.75) is 39.3 Å². The number of nitrogens with one attached hydrogen (secondary N) is 1. The summed E-state index contributed by atoms with van der Waals surface area (Å²) in [6.07, 6.45) is 6.35. The van der Waals surface area contributed by atoms with Crippen LogP contribution in [0.4, 0.5) is 0 Å². The molecule has 1 rings (SSSR count). The lowest BCUT2D eigenvalue weighted by Crippen LogP contribution is -2.30. The first kappa shape index (κ1) is 12.0. The Morgan fingerprint density at radius 1 is 1.50 bits per heavy atom. The van der Waals surface area contributed by atoms with E-state index < -0.39 is 0 Å². The topological polar surface area (TPSA) is 29.9 Å². The van der Waals surface area contributed by atoms with Crippen molar-refractivity contribution < 1.29 is 0 Å². The van der Waals surface area contributed by atoms with Crippen molar-refractivity contribution in [2.24, 2.45) is 0 Å². The van der Waals surface area contributed by atoms with Gasteiger partial charge in [0.25, 0.3) is 0 Å². The molecular weight excluding hydrogens is 289 g/mol. The van der Waals surface area contributed by atoms with Crippen LogP contribution in [-0.4, -0.2) is 22.4 Å². The molecule has 80 valence electrons. The summed E-state index contributed by atoms with van der Waals surface area (Å²) in [7, 11) is 0. The molecule has 1 aromatic rings. The molecule has 0 radical (unpaired) electrons. The van der Waals surface area contributed by atoms with Gasteiger partial charge in [-0.2, -0.15) is 5.10 Å². The summed E-state index contributed by atoms with van der Waals surface area (Å²) in [6, 6.07) is 0.657. The van der Waals surface area contributed by atoms with Gasteiger partial charge in [-0.05, 0) is 35.4 Å². The molecule has 0 saturated carbocycles. The van der Waals surface area contributed by atoms with Crippen LogP contribution in [0.2, 0.25) is 0 Å². The van der Waals surface area contributed by atoms with Gasteiger partial charge in [0.05, 0.1) is 16.3 Å². The molecule has 0 bridgehead atoms. The molecule has 0 atom stereocenters. The molecule has 1 N–H and O–H groups in total. The van der Waals surface area contributed by atoms with Crippen LogP contribution in [0.1, 0.15) is 26.7 Å². The third-order valence-corrected chi connectivity index (χ3v) is 2.92.